The molecule has 0 spiro atoms. The molecule has 8 aromatic rings. The Bertz CT molecular complexity index is 2760. The minimum atomic E-state index is -0.282. The first-order valence-electron chi connectivity index (χ1n) is 18.2. The van der Waals surface area contributed by atoms with Gasteiger partial charge in [-0.15, -0.1) is 0 Å². The zero-order valence-electron chi connectivity index (χ0n) is 29.3. The van der Waals surface area contributed by atoms with Crippen molar-refractivity contribution in [2.24, 2.45) is 0 Å². The summed E-state index contributed by atoms with van der Waals surface area (Å²) in [6, 6.07) is 56.6. The zero-order chi connectivity index (χ0) is 35.0. The smallest absolute Gasteiger partial charge is 0.344 e. The van der Waals surface area contributed by atoms with Crippen LogP contribution >= 0.6 is 0 Å². The van der Waals surface area contributed by atoms with E-state index in [0.717, 1.165) is 35.0 Å². The van der Waals surface area contributed by atoms with Gasteiger partial charge in [0.25, 0.3) is 0 Å². The summed E-state index contributed by atoms with van der Waals surface area (Å²) in [6.07, 6.45) is 1.74. The third-order valence-corrected chi connectivity index (χ3v) is 11.6. The van der Waals surface area contributed by atoms with Gasteiger partial charge in [0.1, 0.15) is 5.58 Å². The van der Waals surface area contributed by atoms with E-state index in [9.17, 15) is 4.79 Å². The Hall–Kier alpha value is -6.19. The highest BCUT2D eigenvalue weighted by atomic mass is 16.4. The molecule has 0 saturated heterocycles. The maximum absolute atomic E-state index is 13.3. The average Bonchev–Trinajstić information content (AvgIpc) is 3.30. The molecule has 0 saturated carbocycles. The molecule has 1 atom stereocenters. The minimum Gasteiger partial charge on any atom is -0.422 e. The number of aryl methyl sites for hydroxylation is 1. The normalized spacial score (nSPS) is 15.4. The van der Waals surface area contributed by atoms with Crippen LogP contribution in [-0.2, 0) is 11.8 Å². The number of hydrogen-bond acceptors (Lipinski definition) is 3. The second kappa shape index (κ2) is 11.7. The van der Waals surface area contributed by atoms with Crippen LogP contribution in [0, 0.1) is 0 Å². The van der Waals surface area contributed by atoms with Crippen LogP contribution < -0.4 is 10.5 Å². The highest BCUT2D eigenvalue weighted by molar-refractivity contribution is 6.06. The minimum absolute atomic E-state index is 0.109. The standard InChI is InChI=1S/C49H37NO2/c1-49(2)44-21-11-8-18-37(44)38-27-25-33(29-45(38)49)50(32-14-4-3-5-15-32)46-22-12-9-19-39(46)36-26-24-31-28-43-42(30-41(31)35-17-7-6-16-34(35)36)40-20-10-13-23-47(40)52-48(43)51/h3-23,25,27-30,36H,24,26H2,1-2H3. The van der Waals surface area contributed by atoms with E-state index in [1.54, 1.807) is 0 Å². The molecular weight excluding hydrogens is 635 g/mol. The van der Waals surface area contributed by atoms with Crippen molar-refractivity contribution in [2.75, 3.05) is 4.90 Å². The summed E-state index contributed by atoms with van der Waals surface area (Å²) in [6.45, 7) is 4.69. The number of hydrogen-bond donors (Lipinski definition) is 0. The first-order valence-corrected chi connectivity index (χ1v) is 18.2. The van der Waals surface area contributed by atoms with Crippen LogP contribution in [0.3, 0.4) is 0 Å². The topological polar surface area (TPSA) is 33.5 Å². The van der Waals surface area contributed by atoms with Gasteiger partial charge in [-0.1, -0.05) is 123 Å². The fourth-order valence-electron chi connectivity index (χ4n) is 9.07. The summed E-state index contributed by atoms with van der Waals surface area (Å²) >= 11 is 0. The Morgan fingerprint density at radius 2 is 1.25 bits per heavy atom. The average molecular weight is 672 g/mol. The lowest BCUT2D eigenvalue weighted by Gasteiger charge is -2.32. The number of nitrogens with zero attached hydrogens (tertiary/aromatic N) is 1. The number of para-hydroxylation sites is 3. The van der Waals surface area contributed by atoms with Crippen LogP contribution in [0.25, 0.3) is 44.0 Å². The van der Waals surface area contributed by atoms with Crippen molar-refractivity contribution in [3.05, 3.63) is 196 Å². The summed E-state index contributed by atoms with van der Waals surface area (Å²) in [5.74, 6) is 0.123. The first kappa shape index (κ1) is 30.6. The van der Waals surface area contributed by atoms with Gasteiger partial charge in [0.05, 0.1) is 5.39 Å². The first-order chi connectivity index (χ1) is 25.5. The van der Waals surface area contributed by atoms with Crippen LogP contribution in [0.1, 0.15) is 54.0 Å². The Balaban J connectivity index is 1.15. The van der Waals surface area contributed by atoms with E-state index in [2.05, 4.69) is 152 Å². The van der Waals surface area contributed by atoms with Gasteiger partial charge in [0.15, 0.2) is 0 Å². The Morgan fingerprint density at radius 1 is 0.558 bits per heavy atom. The molecule has 7 aromatic carbocycles. The number of anilines is 3. The molecule has 52 heavy (non-hydrogen) atoms. The van der Waals surface area contributed by atoms with Crippen molar-refractivity contribution >= 4 is 38.8 Å². The zero-order valence-corrected chi connectivity index (χ0v) is 29.3. The molecule has 3 nitrogen and oxygen atoms in total. The molecule has 1 heterocycles. The molecular formula is C49H37NO2. The fourth-order valence-corrected chi connectivity index (χ4v) is 9.07. The van der Waals surface area contributed by atoms with Crippen molar-refractivity contribution in [2.45, 2.75) is 38.0 Å². The third kappa shape index (κ3) is 4.62. The molecule has 0 fully saturated rings. The summed E-state index contributed by atoms with van der Waals surface area (Å²) in [7, 11) is 0. The Morgan fingerprint density at radius 3 is 2.12 bits per heavy atom. The molecule has 2 aliphatic carbocycles. The van der Waals surface area contributed by atoms with Crippen LogP contribution in [0.2, 0.25) is 0 Å². The van der Waals surface area contributed by atoms with Crippen molar-refractivity contribution in [1.82, 2.24) is 0 Å². The second-order valence-electron chi connectivity index (χ2n) is 14.7. The van der Waals surface area contributed by atoms with Crippen LogP contribution in [0.5, 0.6) is 0 Å². The van der Waals surface area contributed by atoms with Crippen molar-refractivity contribution < 1.29 is 4.42 Å². The van der Waals surface area contributed by atoms with Gasteiger partial charge in [0.2, 0.25) is 0 Å². The van der Waals surface area contributed by atoms with E-state index in [1.807, 2.05) is 24.3 Å². The monoisotopic (exact) mass is 671 g/mol. The van der Waals surface area contributed by atoms with Crippen LogP contribution in [0.15, 0.2) is 167 Å². The predicted molar refractivity (Wildman–Crippen MR) is 214 cm³/mol. The largest absolute Gasteiger partial charge is 0.422 e. The Labute approximate surface area is 303 Å². The lowest BCUT2D eigenvalue weighted by molar-refractivity contribution is 0.569. The quantitative estimate of drug-likeness (QED) is 0.138. The SMILES string of the molecule is CC1(C)c2ccccc2-c2ccc(N(c3ccccc3)c3ccccc3C3CCc4cc5c(=O)oc6ccccc6c5cc4-c4ccccc43)cc21. The maximum Gasteiger partial charge on any atom is 0.344 e. The number of fused-ring (bicyclic) bond motifs is 9. The summed E-state index contributed by atoms with van der Waals surface area (Å²) in [4.78, 5) is 15.7. The predicted octanol–water partition coefficient (Wildman–Crippen LogP) is 12.5. The number of rotatable bonds is 4. The number of benzene rings is 7. The summed E-state index contributed by atoms with van der Waals surface area (Å²) < 4.78 is 5.78. The van der Waals surface area contributed by atoms with Crippen molar-refractivity contribution in [3.63, 3.8) is 0 Å². The fraction of sp³-hybridized carbons (Fsp3) is 0.122. The van der Waals surface area contributed by atoms with Crippen molar-refractivity contribution in [1.29, 1.82) is 0 Å². The van der Waals surface area contributed by atoms with Gasteiger partial charge in [0, 0.05) is 39.2 Å². The third-order valence-electron chi connectivity index (χ3n) is 11.6. The van der Waals surface area contributed by atoms with Crippen LogP contribution in [0.4, 0.5) is 17.1 Å². The van der Waals surface area contributed by atoms with Crippen molar-refractivity contribution in [3.8, 4) is 22.3 Å². The second-order valence-corrected chi connectivity index (χ2v) is 14.7. The van der Waals surface area contributed by atoms with E-state index < -0.39 is 0 Å². The molecule has 0 aliphatic heterocycles. The molecule has 10 rings (SSSR count). The molecule has 1 aromatic heterocycles. The lowest BCUT2D eigenvalue weighted by atomic mass is 9.82. The molecule has 3 heteroatoms. The van der Waals surface area contributed by atoms with Gasteiger partial charge < -0.3 is 9.32 Å². The molecule has 0 N–H and O–H groups in total. The lowest BCUT2D eigenvalue weighted by Crippen LogP contribution is -2.17. The molecule has 0 radical (unpaired) electrons. The van der Waals surface area contributed by atoms with Gasteiger partial charge in [-0.2, -0.15) is 0 Å². The summed E-state index contributed by atoms with van der Waals surface area (Å²) in [5, 5.41) is 2.55. The highest BCUT2D eigenvalue weighted by Gasteiger charge is 2.36. The molecule has 2 aliphatic rings. The van der Waals surface area contributed by atoms with Crippen LogP contribution in [-0.4, -0.2) is 0 Å². The van der Waals surface area contributed by atoms with Gasteiger partial charge in [-0.25, -0.2) is 4.79 Å². The highest BCUT2D eigenvalue weighted by Crippen LogP contribution is 2.52. The Kier molecular flexibility index (Phi) is 6.88. The molecule has 250 valence electrons. The van der Waals surface area contributed by atoms with E-state index in [1.165, 1.54) is 55.8 Å². The summed E-state index contributed by atoms with van der Waals surface area (Å²) in [5.41, 5.74) is 15.2. The molecule has 0 bridgehead atoms. The molecule has 0 amide bonds. The van der Waals surface area contributed by atoms with E-state index in [4.69, 9.17) is 4.42 Å². The maximum atomic E-state index is 13.3. The molecule has 1 unspecified atom stereocenters. The van der Waals surface area contributed by atoms with E-state index in [0.29, 0.717) is 11.0 Å². The van der Waals surface area contributed by atoms with E-state index in [-0.39, 0.29) is 17.0 Å². The van der Waals surface area contributed by atoms with Gasteiger partial charge in [-0.05, 0) is 111 Å². The van der Waals surface area contributed by atoms with Gasteiger partial charge >= 0.3 is 5.63 Å². The van der Waals surface area contributed by atoms with Gasteiger partial charge in [-0.3, -0.25) is 0 Å². The van der Waals surface area contributed by atoms with E-state index >= 15 is 0 Å².